The highest BCUT2D eigenvalue weighted by Gasteiger charge is 2.27. The molecule has 0 aromatic heterocycles. The summed E-state index contributed by atoms with van der Waals surface area (Å²) in [7, 11) is 4.54. The Balaban J connectivity index is 1.60. The molecule has 8 heteroatoms. The van der Waals surface area contributed by atoms with E-state index in [4.69, 9.17) is 18.9 Å². The fourth-order valence-electron chi connectivity index (χ4n) is 3.66. The number of nitrogens with zero attached hydrogens (tertiary/aromatic N) is 2. The summed E-state index contributed by atoms with van der Waals surface area (Å²) in [5, 5.41) is 0. The molecule has 0 unspecified atom stereocenters. The maximum Gasteiger partial charge on any atom is 0.260 e. The molecule has 2 amide bonds. The Labute approximate surface area is 188 Å². The Bertz CT molecular complexity index is 957. The molecular weight excluding hydrogens is 412 g/mol. The molecule has 172 valence electrons. The van der Waals surface area contributed by atoms with Crippen LogP contribution in [0.4, 0.5) is 0 Å². The maximum absolute atomic E-state index is 13.0. The third-order valence-electron chi connectivity index (χ3n) is 5.74. The zero-order valence-electron chi connectivity index (χ0n) is 19.3. The molecule has 0 saturated carbocycles. The molecule has 2 aromatic rings. The molecule has 0 spiro atoms. The first kappa shape index (κ1) is 23.2. The monoisotopic (exact) mass is 442 g/mol. The zero-order chi connectivity index (χ0) is 23.3. The van der Waals surface area contributed by atoms with Crippen molar-refractivity contribution in [2.24, 2.45) is 0 Å². The molecule has 1 saturated heterocycles. The van der Waals surface area contributed by atoms with Gasteiger partial charge in [0, 0.05) is 31.7 Å². The van der Waals surface area contributed by atoms with E-state index in [0.29, 0.717) is 49.0 Å². The minimum atomic E-state index is -0.150. The van der Waals surface area contributed by atoms with E-state index in [1.165, 1.54) is 21.3 Å². The van der Waals surface area contributed by atoms with Crippen molar-refractivity contribution in [2.75, 3.05) is 54.1 Å². The minimum Gasteiger partial charge on any atom is -0.493 e. The first-order valence-electron chi connectivity index (χ1n) is 10.5. The lowest BCUT2D eigenvalue weighted by atomic mass is 10.1. The Morgan fingerprint density at radius 1 is 0.844 bits per heavy atom. The molecule has 3 rings (SSSR count). The first-order valence-corrected chi connectivity index (χ1v) is 10.5. The van der Waals surface area contributed by atoms with E-state index in [1.54, 1.807) is 21.9 Å². The molecule has 2 aromatic carbocycles. The van der Waals surface area contributed by atoms with Crippen LogP contribution in [-0.2, 0) is 4.79 Å². The van der Waals surface area contributed by atoms with Crippen LogP contribution in [-0.4, -0.2) is 75.7 Å². The second kappa shape index (κ2) is 10.3. The Morgan fingerprint density at radius 2 is 1.44 bits per heavy atom. The Morgan fingerprint density at radius 3 is 2.00 bits per heavy atom. The van der Waals surface area contributed by atoms with Gasteiger partial charge in [-0.25, -0.2) is 0 Å². The average molecular weight is 443 g/mol. The lowest BCUT2D eigenvalue weighted by Crippen LogP contribution is -2.51. The SMILES string of the molecule is COc1cc(C(=O)N2CCN(C(=O)COc3cccc(C)c3C)CC2)cc(OC)c1OC. The van der Waals surface area contributed by atoms with Crippen LogP contribution in [0.2, 0.25) is 0 Å². The predicted octanol–water partition coefficient (Wildman–Crippen LogP) is 2.69. The van der Waals surface area contributed by atoms with Gasteiger partial charge in [0.2, 0.25) is 5.75 Å². The highest BCUT2D eigenvalue weighted by Crippen LogP contribution is 2.38. The van der Waals surface area contributed by atoms with Gasteiger partial charge in [-0.05, 0) is 43.2 Å². The van der Waals surface area contributed by atoms with Crippen molar-refractivity contribution in [3.05, 3.63) is 47.0 Å². The van der Waals surface area contributed by atoms with Crippen LogP contribution in [0.15, 0.2) is 30.3 Å². The summed E-state index contributed by atoms with van der Waals surface area (Å²) < 4.78 is 21.7. The van der Waals surface area contributed by atoms with Crippen LogP contribution in [0, 0.1) is 13.8 Å². The van der Waals surface area contributed by atoms with Crippen LogP contribution in [0.3, 0.4) is 0 Å². The predicted molar refractivity (Wildman–Crippen MR) is 120 cm³/mol. The number of rotatable bonds is 7. The molecular formula is C24H30N2O6. The van der Waals surface area contributed by atoms with Crippen molar-refractivity contribution in [3.8, 4) is 23.0 Å². The number of piperazine rings is 1. The van der Waals surface area contributed by atoms with Crippen molar-refractivity contribution in [1.82, 2.24) is 9.80 Å². The molecule has 8 nitrogen and oxygen atoms in total. The Hall–Kier alpha value is -3.42. The molecule has 0 aliphatic carbocycles. The molecule has 1 fully saturated rings. The van der Waals surface area contributed by atoms with Crippen molar-refractivity contribution < 1.29 is 28.5 Å². The molecule has 32 heavy (non-hydrogen) atoms. The number of benzene rings is 2. The van der Waals surface area contributed by atoms with Crippen LogP contribution in [0.25, 0.3) is 0 Å². The maximum atomic E-state index is 13.0. The van der Waals surface area contributed by atoms with Gasteiger partial charge < -0.3 is 28.7 Å². The van der Waals surface area contributed by atoms with E-state index in [9.17, 15) is 9.59 Å². The van der Waals surface area contributed by atoms with Gasteiger partial charge in [0.1, 0.15) is 5.75 Å². The molecule has 0 N–H and O–H groups in total. The summed E-state index contributed by atoms with van der Waals surface area (Å²) in [5.74, 6) is 1.76. The lowest BCUT2D eigenvalue weighted by Gasteiger charge is -2.35. The van der Waals surface area contributed by atoms with Crippen molar-refractivity contribution in [2.45, 2.75) is 13.8 Å². The van der Waals surface area contributed by atoms with Gasteiger partial charge in [0.05, 0.1) is 21.3 Å². The average Bonchev–Trinajstić information content (AvgIpc) is 2.83. The summed E-state index contributed by atoms with van der Waals surface area (Å²) in [6.07, 6.45) is 0. The summed E-state index contributed by atoms with van der Waals surface area (Å²) in [6, 6.07) is 9.06. The minimum absolute atomic E-state index is 0.0227. The van der Waals surface area contributed by atoms with E-state index in [0.717, 1.165) is 16.9 Å². The molecule has 1 aliphatic rings. The van der Waals surface area contributed by atoms with Gasteiger partial charge in [-0.2, -0.15) is 0 Å². The van der Waals surface area contributed by atoms with Crippen LogP contribution in [0.5, 0.6) is 23.0 Å². The number of carbonyl (C=O) groups excluding carboxylic acids is 2. The number of aryl methyl sites for hydroxylation is 1. The molecule has 1 heterocycles. The number of ether oxygens (including phenoxy) is 4. The Kier molecular flexibility index (Phi) is 7.45. The van der Waals surface area contributed by atoms with Gasteiger partial charge in [0.15, 0.2) is 18.1 Å². The topological polar surface area (TPSA) is 77.5 Å². The molecule has 0 bridgehead atoms. The number of amides is 2. The third kappa shape index (κ3) is 4.90. The third-order valence-corrected chi connectivity index (χ3v) is 5.74. The normalized spacial score (nSPS) is 13.5. The highest BCUT2D eigenvalue weighted by atomic mass is 16.5. The summed E-state index contributed by atoms with van der Waals surface area (Å²) in [5.41, 5.74) is 2.59. The van der Waals surface area contributed by atoms with Crippen molar-refractivity contribution >= 4 is 11.8 Å². The van der Waals surface area contributed by atoms with Gasteiger partial charge >= 0.3 is 0 Å². The standard InChI is InChI=1S/C24H30N2O6/c1-16-7-6-8-19(17(16)2)32-15-22(27)25-9-11-26(12-10-25)24(28)18-13-20(29-3)23(31-5)21(14-18)30-4/h6-8,13-14H,9-12,15H2,1-5H3. The van der Waals surface area contributed by atoms with E-state index in [1.807, 2.05) is 32.0 Å². The molecule has 1 aliphatic heterocycles. The number of methoxy groups -OCH3 is 3. The van der Waals surface area contributed by atoms with Crippen molar-refractivity contribution in [3.63, 3.8) is 0 Å². The number of carbonyl (C=O) groups is 2. The van der Waals surface area contributed by atoms with E-state index in [2.05, 4.69) is 0 Å². The van der Waals surface area contributed by atoms with Gasteiger partial charge in [-0.1, -0.05) is 12.1 Å². The van der Waals surface area contributed by atoms with Gasteiger partial charge in [-0.15, -0.1) is 0 Å². The zero-order valence-corrected chi connectivity index (χ0v) is 19.3. The number of hydrogen-bond donors (Lipinski definition) is 0. The summed E-state index contributed by atoms with van der Waals surface area (Å²) >= 11 is 0. The van der Waals surface area contributed by atoms with E-state index in [-0.39, 0.29) is 18.4 Å². The quantitative estimate of drug-likeness (QED) is 0.656. The van der Waals surface area contributed by atoms with Crippen LogP contribution >= 0.6 is 0 Å². The highest BCUT2D eigenvalue weighted by molar-refractivity contribution is 5.96. The largest absolute Gasteiger partial charge is 0.493 e. The fraction of sp³-hybridized carbons (Fsp3) is 0.417. The van der Waals surface area contributed by atoms with Gasteiger partial charge in [-0.3, -0.25) is 9.59 Å². The van der Waals surface area contributed by atoms with Crippen LogP contribution < -0.4 is 18.9 Å². The fourth-order valence-corrected chi connectivity index (χ4v) is 3.66. The molecule has 0 radical (unpaired) electrons. The number of hydrogen-bond acceptors (Lipinski definition) is 6. The van der Waals surface area contributed by atoms with E-state index < -0.39 is 0 Å². The second-order valence-corrected chi connectivity index (χ2v) is 7.57. The van der Waals surface area contributed by atoms with E-state index >= 15 is 0 Å². The van der Waals surface area contributed by atoms with Gasteiger partial charge in [0.25, 0.3) is 11.8 Å². The van der Waals surface area contributed by atoms with Crippen molar-refractivity contribution in [1.29, 1.82) is 0 Å². The lowest BCUT2D eigenvalue weighted by molar-refractivity contribution is -0.134. The smallest absolute Gasteiger partial charge is 0.260 e. The molecule has 0 atom stereocenters. The second-order valence-electron chi connectivity index (χ2n) is 7.57. The summed E-state index contributed by atoms with van der Waals surface area (Å²) in [6.45, 7) is 5.73. The first-order chi connectivity index (χ1) is 15.4. The summed E-state index contributed by atoms with van der Waals surface area (Å²) in [4.78, 5) is 29.1. The van der Waals surface area contributed by atoms with Crippen LogP contribution in [0.1, 0.15) is 21.5 Å².